The molecule has 9 heteroatoms. The molecule has 1 unspecified atom stereocenters. The molecule has 0 radical (unpaired) electrons. The van der Waals surface area contributed by atoms with E-state index in [1.807, 2.05) is 35.2 Å². The number of aromatic nitrogens is 2. The third-order valence-electron chi connectivity index (χ3n) is 5.21. The molecule has 1 aliphatic heterocycles. The fourth-order valence-electron chi connectivity index (χ4n) is 3.67. The smallest absolute Gasteiger partial charge is 0.411 e. The van der Waals surface area contributed by atoms with E-state index in [0.717, 1.165) is 16.6 Å². The highest BCUT2D eigenvalue weighted by atomic mass is 35.5. The Morgan fingerprint density at radius 1 is 1.09 bits per heavy atom. The van der Waals surface area contributed by atoms with Gasteiger partial charge in [0.2, 0.25) is 5.95 Å². The monoisotopic (exact) mass is 483 g/mol. The minimum atomic E-state index is -0.689. The Balaban J connectivity index is 1.69. The summed E-state index contributed by atoms with van der Waals surface area (Å²) in [5.41, 5.74) is 1.69. The number of benzene rings is 2. The van der Waals surface area contributed by atoms with Crippen LogP contribution < -0.4 is 4.90 Å². The minimum Gasteiger partial charge on any atom is -0.444 e. The van der Waals surface area contributed by atoms with Crippen LogP contribution in [0, 0.1) is 11.3 Å². The number of carbonyl (C=O) groups is 1. The van der Waals surface area contributed by atoms with Crippen molar-refractivity contribution in [3.63, 3.8) is 0 Å². The summed E-state index contributed by atoms with van der Waals surface area (Å²) >= 11 is 12.3. The fraction of sp³-hybridized carbons (Fsp3) is 0.333. The molecule has 3 aromatic rings. The molecule has 2 heterocycles. The summed E-state index contributed by atoms with van der Waals surface area (Å²) in [5, 5.41) is 11.8. The van der Waals surface area contributed by atoms with Crippen LogP contribution in [0.3, 0.4) is 0 Å². The first-order valence-corrected chi connectivity index (χ1v) is 11.3. The van der Waals surface area contributed by atoms with Gasteiger partial charge in [0.05, 0.1) is 23.8 Å². The molecule has 1 aromatic heterocycles. The number of carbonyl (C=O) groups excluding carboxylic acids is 1. The van der Waals surface area contributed by atoms with E-state index < -0.39 is 17.7 Å². The Kier molecular flexibility index (Phi) is 6.33. The summed E-state index contributed by atoms with van der Waals surface area (Å²) in [6.07, 6.45) is -0.498. The Morgan fingerprint density at radius 2 is 1.79 bits per heavy atom. The normalized spacial score (nSPS) is 16.5. The number of anilines is 1. The van der Waals surface area contributed by atoms with Crippen LogP contribution in [0.1, 0.15) is 20.8 Å². The summed E-state index contributed by atoms with van der Waals surface area (Å²) in [6, 6.07) is 14.4. The van der Waals surface area contributed by atoms with Crippen molar-refractivity contribution in [3.8, 4) is 17.3 Å². The SMILES string of the molecule is CC(C)(C)OC(=O)N1CCN(c2nc(-c3ccc(Cl)cc3)c3ccc(Cl)cc3n2)CC1C#N. The number of nitriles is 1. The first-order chi connectivity index (χ1) is 15.6. The molecule has 170 valence electrons. The van der Waals surface area contributed by atoms with E-state index in [-0.39, 0.29) is 6.54 Å². The fourth-order valence-corrected chi connectivity index (χ4v) is 3.97. The van der Waals surface area contributed by atoms with Crippen molar-refractivity contribution in [3.05, 3.63) is 52.5 Å². The highest BCUT2D eigenvalue weighted by Crippen LogP contribution is 2.31. The van der Waals surface area contributed by atoms with E-state index in [2.05, 4.69) is 6.07 Å². The first-order valence-electron chi connectivity index (χ1n) is 10.5. The van der Waals surface area contributed by atoms with Gasteiger partial charge in [-0.2, -0.15) is 5.26 Å². The topological polar surface area (TPSA) is 82.3 Å². The van der Waals surface area contributed by atoms with Gasteiger partial charge in [-0.15, -0.1) is 0 Å². The maximum Gasteiger partial charge on any atom is 0.411 e. The standard InChI is InChI=1S/C24H23Cl2N5O2/c1-24(2,3)33-23(32)31-11-10-30(14-18(31)13-27)22-28-20-12-17(26)8-9-19(20)21(29-22)15-4-6-16(25)7-5-15/h4-9,12,18H,10-11,14H2,1-3H3. The zero-order valence-corrected chi connectivity index (χ0v) is 20.1. The van der Waals surface area contributed by atoms with Crippen LogP contribution in [0.4, 0.5) is 10.7 Å². The van der Waals surface area contributed by atoms with Crippen molar-refractivity contribution in [1.82, 2.24) is 14.9 Å². The average molecular weight is 484 g/mol. The third-order valence-corrected chi connectivity index (χ3v) is 5.69. The lowest BCUT2D eigenvalue weighted by molar-refractivity contribution is 0.0189. The molecule has 33 heavy (non-hydrogen) atoms. The maximum absolute atomic E-state index is 12.6. The van der Waals surface area contributed by atoms with Crippen LogP contribution in [0.25, 0.3) is 22.2 Å². The molecule has 1 aliphatic rings. The van der Waals surface area contributed by atoms with E-state index in [0.29, 0.717) is 34.6 Å². The molecule has 1 amide bonds. The van der Waals surface area contributed by atoms with Crippen LogP contribution in [0.15, 0.2) is 42.5 Å². The second-order valence-electron chi connectivity index (χ2n) is 8.81. The predicted molar refractivity (Wildman–Crippen MR) is 130 cm³/mol. The maximum atomic E-state index is 12.6. The van der Waals surface area contributed by atoms with Gasteiger partial charge in [0.1, 0.15) is 11.6 Å². The van der Waals surface area contributed by atoms with Gasteiger partial charge in [0.25, 0.3) is 0 Å². The van der Waals surface area contributed by atoms with Crippen molar-refractivity contribution in [2.45, 2.75) is 32.4 Å². The molecule has 0 saturated carbocycles. The largest absolute Gasteiger partial charge is 0.444 e. The molecule has 7 nitrogen and oxygen atoms in total. The van der Waals surface area contributed by atoms with Gasteiger partial charge in [-0.3, -0.25) is 4.90 Å². The minimum absolute atomic E-state index is 0.266. The molecule has 4 rings (SSSR count). The van der Waals surface area contributed by atoms with E-state index in [1.54, 1.807) is 32.9 Å². The van der Waals surface area contributed by atoms with Gasteiger partial charge in [0, 0.05) is 34.1 Å². The molecular weight excluding hydrogens is 461 g/mol. The number of nitrogens with zero attached hydrogens (tertiary/aromatic N) is 5. The van der Waals surface area contributed by atoms with Gasteiger partial charge in [-0.1, -0.05) is 35.3 Å². The second kappa shape index (κ2) is 9.05. The van der Waals surface area contributed by atoms with Crippen LogP contribution >= 0.6 is 23.2 Å². The number of hydrogen-bond donors (Lipinski definition) is 0. The molecule has 2 aromatic carbocycles. The highest BCUT2D eigenvalue weighted by molar-refractivity contribution is 6.31. The number of amides is 1. The Labute approximate surface area is 202 Å². The number of halogens is 2. The summed E-state index contributed by atoms with van der Waals surface area (Å²) in [4.78, 5) is 25.5. The first kappa shape index (κ1) is 23.1. The van der Waals surface area contributed by atoms with Crippen LogP contribution in [-0.2, 0) is 4.74 Å². The zero-order chi connectivity index (χ0) is 23.8. The van der Waals surface area contributed by atoms with Crippen molar-refractivity contribution in [2.75, 3.05) is 24.5 Å². The average Bonchev–Trinajstić information content (AvgIpc) is 2.77. The summed E-state index contributed by atoms with van der Waals surface area (Å²) < 4.78 is 5.47. The van der Waals surface area contributed by atoms with Crippen molar-refractivity contribution in [2.24, 2.45) is 0 Å². The van der Waals surface area contributed by atoms with Crippen LogP contribution in [0.2, 0.25) is 10.0 Å². The Hall–Kier alpha value is -3.08. The lowest BCUT2D eigenvalue weighted by Crippen LogP contribution is -2.56. The van der Waals surface area contributed by atoms with Gasteiger partial charge in [-0.25, -0.2) is 14.8 Å². The highest BCUT2D eigenvalue weighted by Gasteiger charge is 2.34. The predicted octanol–water partition coefficient (Wildman–Crippen LogP) is 5.55. The Bertz CT molecular complexity index is 1230. The second-order valence-corrected chi connectivity index (χ2v) is 9.68. The molecule has 1 atom stereocenters. The van der Waals surface area contributed by atoms with Gasteiger partial charge in [-0.05, 0) is 51.1 Å². The number of rotatable bonds is 2. The van der Waals surface area contributed by atoms with E-state index in [4.69, 9.17) is 37.9 Å². The summed E-state index contributed by atoms with van der Waals surface area (Å²) in [6.45, 7) is 6.45. The molecule has 1 saturated heterocycles. The van der Waals surface area contributed by atoms with Gasteiger partial charge in [0.15, 0.2) is 0 Å². The van der Waals surface area contributed by atoms with Crippen molar-refractivity contribution < 1.29 is 9.53 Å². The third kappa shape index (κ3) is 5.13. The molecule has 0 aliphatic carbocycles. The van der Waals surface area contributed by atoms with E-state index in [1.165, 1.54) is 4.90 Å². The number of ether oxygens (including phenoxy) is 1. The molecule has 1 fully saturated rings. The van der Waals surface area contributed by atoms with E-state index >= 15 is 0 Å². The summed E-state index contributed by atoms with van der Waals surface area (Å²) in [7, 11) is 0. The zero-order valence-electron chi connectivity index (χ0n) is 18.5. The quantitative estimate of drug-likeness (QED) is 0.474. The van der Waals surface area contributed by atoms with Gasteiger partial charge >= 0.3 is 6.09 Å². The molecule has 0 N–H and O–H groups in total. The molecule has 0 bridgehead atoms. The number of fused-ring (bicyclic) bond motifs is 1. The molecule has 0 spiro atoms. The van der Waals surface area contributed by atoms with Crippen LogP contribution in [-0.4, -0.2) is 52.2 Å². The lowest BCUT2D eigenvalue weighted by atomic mass is 10.1. The van der Waals surface area contributed by atoms with E-state index in [9.17, 15) is 10.1 Å². The van der Waals surface area contributed by atoms with Crippen LogP contribution in [0.5, 0.6) is 0 Å². The van der Waals surface area contributed by atoms with Crippen molar-refractivity contribution >= 4 is 46.1 Å². The number of piperazine rings is 1. The lowest BCUT2D eigenvalue weighted by Gasteiger charge is -2.38. The molecular formula is C24H23Cl2N5O2. The van der Waals surface area contributed by atoms with Gasteiger partial charge < -0.3 is 9.64 Å². The summed E-state index contributed by atoms with van der Waals surface area (Å²) in [5.74, 6) is 0.471. The van der Waals surface area contributed by atoms with Crippen molar-refractivity contribution in [1.29, 1.82) is 5.26 Å². The number of hydrogen-bond acceptors (Lipinski definition) is 6. The Morgan fingerprint density at radius 3 is 2.45 bits per heavy atom.